The van der Waals surface area contributed by atoms with Crippen LogP contribution in [0, 0.1) is 6.92 Å². The molecule has 1 atom stereocenters. The molecule has 2 aliphatic heterocycles. The molecule has 2 saturated heterocycles. The molecule has 1 aromatic heterocycles. The Kier molecular flexibility index (Phi) is 6.97. The van der Waals surface area contributed by atoms with Crippen LogP contribution in [0.5, 0.6) is 0 Å². The quantitative estimate of drug-likeness (QED) is 0.711. The average molecular weight is 476 g/mol. The lowest BCUT2D eigenvalue weighted by atomic mass is 10.2. The minimum absolute atomic E-state index is 0.133. The molecule has 0 bridgehead atoms. The second kappa shape index (κ2) is 9.72. The van der Waals surface area contributed by atoms with Gasteiger partial charge in [0, 0.05) is 25.3 Å². The van der Waals surface area contributed by atoms with E-state index in [1.165, 1.54) is 11.3 Å². The molecule has 4 rings (SSSR count). The zero-order valence-electron chi connectivity index (χ0n) is 18.2. The summed E-state index contributed by atoms with van der Waals surface area (Å²) in [5, 5.41) is 4.70. The van der Waals surface area contributed by atoms with Crippen molar-refractivity contribution >= 4 is 38.9 Å². The molecular weight excluding hydrogens is 446 g/mol. The fraction of sp³-hybridized carbons (Fsp3) is 0.478. The van der Waals surface area contributed by atoms with Gasteiger partial charge in [-0.3, -0.25) is 9.59 Å². The maximum absolute atomic E-state index is 13.3. The van der Waals surface area contributed by atoms with Crippen LogP contribution in [0.4, 0.5) is 5.69 Å². The number of nitrogens with one attached hydrogen (secondary N) is 1. The minimum Gasteiger partial charge on any atom is -0.326 e. The van der Waals surface area contributed by atoms with E-state index in [4.69, 9.17) is 0 Å². The van der Waals surface area contributed by atoms with Crippen LogP contribution in [-0.2, 0) is 14.8 Å². The molecule has 7 nitrogen and oxygen atoms in total. The summed E-state index contributed by atoms with van der Waals surface area (Å²) >= 11 is 1.36. The van der Waals surface area contributed by atoms with E-state index in [9.17, 15) is 18.0 Å². The summed E-state index contributed by atoms with van der Waals surface area (Å²) in [6.45, 7) is 3.37. The Balaban J connectivity index is 1.52. The number of carbonyl (C=O) groups excluding carboxylic acids is 2. The van der Waals surface area contributed by atoms with Gasteiger partial charge in [0.05, 0.1) is 9.77 Å². The van der Waals surface area contributed by atoms with Crippen molar-refractivity contribution in [3.8, 4) is 0 Å². The SMILES string of the molecule is Cc1ccc(NC(=O)[C@@H]2CCCN2C(=O)c2cccs2)cc1S(=O)(=O)N1CCCCCC1. The largest absolute Gasteiger partial charge is 0.326 e. The van der Waals surface area contributed by atoms with Gasteiger partial charge in [-0.15, -0.1) is 11.3 Å². The number of benzene rings is 1. The highest BCUT2D eigenvalue weighted by Gasteiger charge is 2.35. The third-order valence-corrected chi connectivity index (χ3v) is 9.09. The van der Waals surface area contributed by atoms with Crippen molar-refractivity contribution in [1.82, 2.24) is 9.21 Å². The number of sulfonamides is 1. The van der Waals surface area contributed by atoms with Crippen LogP contribution in [0.25, 0.3) is 0 Å². The summed E-state index contributed by atoms with van der Waals surface area (Å²) in [5.41, 5.74) is 1.09. The molecule has 0 spiro atoms. The summed E-state index contributed by atoms with van der Waals surface area (Å²) in [5.74, 6) is -0.416. The number of amides is 2. The average Bonchev–Trinajstić information content (AvgIpc) is 3.41. The molecule has 3 heterocycles. The van der Waals surface area contributed by atoms with Crippen molar-refractivity contribution in [2.75, 3.05) is 25.0 Å². The molecule has 0 saturated carbocycles. The zero-order chi connectivity index (χ0) is 22.7. The highest BCUT2D eigenvalue weighted by Crippen LogP contribution is 2.27. The number of nitrogens with zero attached hydrogens (tertiary/aromatic N) is 2. The molecule has 1 aromatic carbocycles. The number of thiophene rings is 1. The summed E-state index contributed by atoms with van der Waals surface area (Å²) < 4.78 is 28.1. The Hall–Kier alpha value is -2.23. The first-order valence-corrected chi connectivity index (χ1v) is 13.5. The fourth-order valence-corrected chi connectivity index (χ4v) is 6.87. The van der Waals surface area contributed by atoms with E-state index in [0.29, 0.717) is 42.2 Å². The molecule has 9 heteroatoms. The molecule has 2 aromatic rings. The van der Waals surface area contributed by atoms with Gasteiger partial charge in [0.15, 0.2) is 0 Å². The Morgan fingerprint density at radius 1 is 1.03 bits per heavy atom. The van der Waals surface area contributed by atoms with Crippen LogP contribution in [0.3, 0.4) is 0 Å². The lowest BCUT2D eigenvalue weighted by Crippen LogP contribution is -2.43. The Labute approximate surface area is 193 Å². The zero-order valence-corrected chi connectivity index (χ0v) is 19.9. The van der Waals surface area contributed by atoms with Gasteiger partial charge in [-0.2, -0.15) is 4.31 Å². The van der Waals surface area contributed by atoms with E-state index in [1.54, 1.807) is 40.4 Å². The van der Waals surface area contributed by atoms with Crippen molar-refractivity contribution in [3.63, 3.8) is 0 Å². The van der Waals surface area contributed by atoms with Crippen molar-refractivity contribution < 1.29 is 18.0 Å². The van der Waals surface area contributed by atoms with Gasteiger partial charge in [0.1, 0.15) is 6.04 Å². The second-order valence-electron chi connectivity index (χ2n) is 8.42. The van der Waals surface area contributed by atoms with E-state index in [1.807, 2.05) is 11.4 Å². The molecule has 0 aliphatic carbocycles. The van der Waals surface area contributed by atoms with E-state index in [2.05, 4.69) is 5.32 Å². The summed E-state index contributed by atoms with van der Waals surface area (Å²) in [6, 6.07) is 8.02. The predicted molar refractivity (Wildman–Crippen MR) is 125 cm³/mol. The number of aryl methyl sites for hydroxylation is 1. The summed E-state index contributed by atoms with van der Waals surface area (Å²) in [7, 11) is -3.63. The van der Waals surface area contributed by atoms with E-state index in [-0.39, 0.29) is 16.7 Å². The maximum Gasteiger partial charge on any atom is 0.264 e. The molecule has 2 aliphatic rings. The Morgan fingerprint density at radius 2 is 1.78 bits per heavy atom. The topological polar surface area (TPSA) is 86.8 Å². The standard InChI is InChI=1S/C23H29N3O4S2/c1-17-10-11-18(16-21(17)32(29,30)25-12-4-2-3-5-13-25)24-22(27)19-8-6-14-26(19)23(28)20-9-7-15-31-20/h7,9-11,15-16,19H,2-6,8,12-14H2,1H3,(H,24,27)/t19-/m0/s1. The van der Waals surface area contributed by atoms with Gasteiger partial charge >= 0.3 is 0 Å². The Bertz CT molecular complexity index is 1070. The molecule has 2 fully saturated rings. The van der Waals surface area contributed by atoms with Gasteiger partial charge < -0.3 is 10.2 Å². The smallest absolute Gasteiger partial charge is 0.264 e. The lowest BCUT2D eigenvalue weighted by Gasteiger charge is -2.24. The van der Waals surface area contributed by atoms with Crippen LogP contribution in [0.15, 0.2) is 40.6 Å². The highest BCUT2D eigenvalue weighted by molar-refractivity contribution is 7.89. The number of anilines is 1. The molecule has 0 unspecified atom stereocenters. The first-order chi connectivity index (χ1) is 15.4. The van der Waals surface area contributed by atoms with E-state index >= 15 is 0 Å². The maximum atomic E-state index is 13.3. The fourth-order valence-electron chi connectivity index (χ4n) is 4.43. The predicted octanol–water partition coefficient (Wildman–Crippen LogP) is 3.86. The first kappa shape index (κ1) is 22.9. The van der Waals surface area contributed by atoms with Gasteiger partial charge in [0.2, 0.25) is 15.9 Å². The van der Waals surface area contributed by atoms with Crippen molar-refractivity contribution in [1.29, 1.82) is 0 Å². The lowest BCUT2D eigenvalue weighted by molar-refractivity contribution is -0.119. The van der Waals surface area contributed by atoms with Crippen LogP contribution in [0.2, 0.25) is 0 Å². The van der Waals surface area contributed by atoms with Crippen LogP contribution >= 0.6 is 11.3 Å². The number of hydrogen-bond acceptors (Lipinski definition) is 5. The molecule has 2 amide bonds. The third-order valence-electron chi connectivity index (χ3n) is 6.19. The number of hydrogen-bond donors (Lipinski definition) is 1. The van der Waals surface area contributed by atoms with Gasteiger partial charge in [-0.25, -0.2) is 8.42 Å². The van der Waals surface area contributed by atoms with Crippen LogP contribution in [-0.4, -0.2) is 55.1 Å². The van der Waals surface area contributed by atoms with Crippen molar-refractivity contribution in [3.05, 3.63) is 46.2 Å². The second-order valence-corrected chi connectivity index (χ2v) is 11.3. The molecule has 0 radical (unpaired) electrons. The monoisotopic (exact) mass is 475 g/mol. The van der Waals surface area contributed by atoms with Crippen LogP contribution < -0.4 is 5.32 Å². The number of likely N-dealkylation sites (tertiary alicyclic amines) is 1. The normalized spacial score (nSPS) is 20.2. The number of rotatable bonds is 5. The molecular formula is C23H29N3O4S2. The van der Waals surface area contributed by atoms with E-state index in [0.717, 1.165) is 32.1 Å². The van der Waals surface area contributed by atoms with Crippen molar-refractivity contribution in [2.45, 2.75) is 56.4 Å². The summed E-state index contributed by atoms with van der Waals surface area (Å²) in [6.07, 6.45) is 5.17. The highest BCUT2D eigenvalue weighted by atomic mass is 32.2. The minimum atomic E-state index is -3.63. The van der Waals surface area contributed by atoms with Gasteiger partial charge in [0.25, 0.3) is 5.91 Å². The molecule has 1 N–H and O–H groups in total. The van der Waals surface area contributed by atoms with Gasteiger partial charge in [-0.1, -0.05) is 25.0 Å². The molecule has 172 valence electrons. The van der Waals surface area contributed by atoms with Crippen molar-refractivity contribution in [2.24, 2.45) is 0 Å². The van der Waals surface area contributed by atoms with E-state index < -0.39 is 16.1 Å². The number of carbonyl (C=O) groups is 2. The molecule has 32 heavy (non-hydrogen) atoms. The third kappa shape index (κ3) is 4.74. The summed E-state index contributed by atoms with van der Waals surface area (Å²) in [4.78, 5) is 28.3. The first-order valence-electron chi connectivity index (χ1n) is 11.1. The Morgan fingerprint density at radius 3 is 2.47 bits per heavy atom. The van der Waals surface area contributed by atoms with Gasteiger partial charge in [-0.05, 0) is 61.7 Å². The van der Waals surface area contributed by atoms with Crippen LogP contribution in [0.1, 0.15) is 53.8 Å².